The van der Waals surface area contributed by atoms with Crippen molar-refractivity contribution in [2.45, 2.75) is 23.8 Å². The Bertz CT molecular complexity index is 1070. The summed E-state index contributed by atoms with van der Waals surface area (Å²) in [7, 11) is -3.28. The molecular weight excluding hydrogens is 380 g/mol. The standard InChI is InChI=1S/C15H14N4O3S3/c1-25(21,22)9-4-5-10-12(6-9)24-15(17-10)19-13(20)11-7-23-14(18-11)16-8-2-3-8/h4-8H,2-3H2,1H3,(H,16,18)(H,17,19,20). The number of anilines is 2. The van der Waals surface area contributed by atoms with Crippen LogP contribution < -0.4 is 10.6 Å². The Morgan fingerprint density at radius 2 is 2.04 bits per heavy atom. The van der Waals surface area contributed by atoms with E-state index in [0.717, 1.165) is 24.2 Å². The smallest absolute Gasteiger partial charge is 0.276 e. The van der Waals surface area contributed by atoms with Crippen LogP contribution in [0.1, 0.15) is 23.3 Å². The molecule has 0 bridgehead atoms. The van der Waals surface area contributed by atoms with Gasteiger partial charge in [0, 0.05) is 17.7 Å². The lowest BCUT2D eigenvalue weighted by Gasteiger charge is -1.98. The van der Waals surface area contributed by atoms with Crippen molar-refractivity contribution in [3.05, 3.63) is 29.3 Å². The van der Waals surface area contributed by atoms with E-state index in [4.69, 9.17) is 0 Å². The van der Waals surface area contributed by atoms with E-state index in [2.05, 4.69) is 20.6 Å². The first-order chi connectivity index (χ1) is 11.9. The molecule has 10 heteroatoms. The highest BCUT2D eigenvalue weighted by atomic mass is 32.2. The number of thiazole rings is 2. The molecule has 0 spiro atoms. The molecular formula is C15H14N4O3S3. The molecule has 0 saturated heterocycles. The van der Waals surface area contributed by atoms with Gasteiger partial charge in [-0.15, -0.1) is 11.3 Å². The van der Waals surface area contributed by atoms with Gasteiger partial charge in [-0.2, -0.15) is 0 Å². The zero-order valence-electron chi connectivity index (χ0n) is 13.1. The lowest BCUT2D eigenvalue weighted by atomic mass is 10.3. The van der Waals surface area contributed by atoms with Crippen LogP contribution in [0.5, 0.6) is 0 Å². The Morgan fingerprint density at radius 3 is 2.76 bits per heavy atom. The lowest BCUT2D eigenvalue weighted by molar-refractivity contribution is 0.102. The molecule has 1 saturated carbocycles. The molecule has 0 unspecified atom stereocenters. The molecule has 0 radical (unpaired) electrons. The summed E-state index contributed by atoms with van der Waals surface area (Å²) in [6, 6.07) is 5.20. The van der Waals surface area contributed by atoms with E-state index in [1.807, 2.05) is 0 Å². The maximum atomic E-state index is 12.3. The fraction of sp³-hybridized carbons (Fsp3) is 0.267. The SMILES string of the molecule is CS(=O)(=O)c1ccc2nc(NC(=O)c3csc(NC4CC4)n3)sc2c1. The van der Waals surface area contributed by atoms with E-state index in [-0.39, 0.29) is 10.8 Å². The van der Waals surface area contributed by atoms with Crippen LogP contribution in [0.2, 0.25) is 0 Å². The molecule has 1 fully saturated rings. The molecule has 2 N–H and O–H groups in total. The predicted octanol–water partition coefficient (Wildman–Crippen LogP) is 2.98. The highest BCUT2D eigenvalue weighted by molar-refractivity contribution is 7.90. The number of benzene rings is 1. The average Bonchev–Trinajstić information content (AvgIpc) is 3.07. The molecule has 0 atom stereocenters. The van der Waals surface area contributed by atoms with Crippen molar-refractivity contribution in [2.75, 3.05) is 16.9 Å². The number of aromatic nitrogens is 2. The highest BCUT2D eigenvalue weighted by Crippen LogP contribution is 2.29. The van der Waals surface area contributed by atoms with Crippen LogP contribution >= 0.6 is 22.7 Å². The minimum Gasteiger partial charge on any atom is -0.359 e. The summed E-state index contributed by atoms with van der Waals surface area (Å²) in [5.74, 6) is -0.331. The number of nitrogens with one attached hydrogen (secondary N) is 2. The molecule has 130 valence electrons. The van der Waals surface area contributed by atoms with Crippen molar-refractivity contribution in [1.29, 1.82) is 0 Å². The molecule has 3 aromatic rings. The van der Waals surface area contributed by atoms with E-state index >= 15 is 0 Å². The van der Waals surface area contributed by atoms with Crippen molar-refractivity contribution in [1.82, 2.24) is 9.97 Å². The van der Waals surface area contributed by atoms with Gasteiger partial charge in [-0.05, 0) is 31.0 Å². The number of amides is 1. The number of hydrogen-bond acceptors (Lipinski definition) is 8. The maximum absolute atomic E-state index is 12.3. The molecule has 1 amide bonds. The summed E-state index contributed by atoms with van der Waals surface area (Å²) >= 11 is 2.63. The van der Waals surface area contributed by atoms with Crippen LogP contribution in [0.15, 0.2) is 28.5 Å². The Balaban J connectivity index is 1.53. The second-order valence-corrected chi connectivity index (χ2v) is 9.74. The molecule has 2 heterocycles. The molecule has 25 heavy (non-hydrogen) atoms. The fourth-order valence-corrected chi connectivity index (χ4v) is 4.59. The number of carbonyl (C=O) groups excluding carboxylic acids is 1. The normalized spacial score (nSPS) is 14.6. The van der Waals surface area contributed by atoms with Crippen molar-refractivity contribution in [2.24, 2.45) is 0 Å². The predicted molar refractivity (Wildman–Crippen MR) is 99.4 cm³/mol. The van der Waals surface area contributed by atoms with E-state index in [1.54, 1.807) is 17.5 Å². The number of fused-ring (bicyclic) bond motifs is 1. The second kappa shape index (κ2) is 6.04. The van der Waals surface area contributed by atoms with E-state index in [1.165, 1.54) is 28.7 Å². The van der Waals surface area contributed by atoms with Crippen LogP contribution in [0.3, 0.4) is 0 Å². The molecule has 1 aliphatic rings. The van der Waals surface area contributed by atoms with Crippen LogP contribution in [-0.2, 0) is 9.84 Å². The first kappa shape index (κ1) is 16.4. The largest absolute Gasteiger partial charge is 0.359 e. The Morgan fingerprint density at radius 1 is 1.24 bits per heavy atom. The third-order valence-electron chi connectivity index (χ3n) is 3.65. The quantitative estimate of drug-likeness (QED) is 0.690. The third kappa shape index (κ3) is 3.65. The minimum atomic E-state index is -3.28. The molecule has 0 aliphatic heterocycles. The van der Waals surface area contributed by atoms with Crippen LogP contribution in [-0.4, -0.2) is 36.6 Å². The van der Waals surface area contributed by atoms with Crippen molar-refractivity contribution >= 4 is 58.9 Å². The monoisotopic (exact) mass is 394 g/mol. The number of rotatable bonds is 5. The van der Waals surface area contributed by atoms with Gasteiger partial charge in [0.05, 0.1) is 15.1 Å². The van der Waals surface area contributed by atoms with Crippen LogP contribution in [0.4, 0.5) is 10.3 Å². The third-order valence-corrected chi connectivity index (χ3v) is 6.47. The maximum Gasteiger partial charge on any atom is 0.276 e. The van der Waals surface area contributed by atoms with Crippen molar-refractivity contribution in [3.8, 4) is 0 Å². The second-order valence-electron chi connectivity index (χ2n) is 5.83. The molecule has 2 aromatic heterocycles. The van der Waals surface area contributed by atoms with Crippen LogP contribution in [0, 0.1) is 0 Å². The summed E-state index contributed by atoms with van der Waals surface area (Å²) in [6.07, 6.45) is 3.44. The van der Waals surface area contributed by atoms with Crippen LogP contribution in [0.25, 0.3) is 10.2 Å². The topological polar surface area (TPSA) is 101 Å². The van der Waals surface area contributed by atoms with E-state index < -0.39 is 9.84 Å². The van der Waals surface area contributed by atoms with E-state index in [0.29, 0.717) is 27.1 Å². The number of carbonyl (C=O) groups is 1. The Kier molecular flexibility index (Phi) is 3.97. The molecule has 1 aromatic carbocycles. The summed E-state index contributed by atoms with van der Waals surface area (Å²) < 4.78 is 24.0. The van der Waals surface area contributed by atoms with Gasteiger partial charge in [-0.1, -0.05) is 11.3 Å². The Labute approximate surface area is 152 Å². The summed E-state index contributed by atoms with van der Waals surface area (Å²) in [5.41, 5.74) is 0.978. The van der Waals surface area contributed by atoms with Gasteiger partial charge in [-0.25, -0.2) is 18.4 Å². The van der Waals surface area contributed by atoms with Crippen molar-refractivity contribution in [3.63, 3.8) is 0 Å². The first-order valence-electron chi connectivity index (χ1n) is 7.52. The van der Waals surface area contributed by atoms with E-state index in [9.17, 15) is 13.2 Å². The molecule has 4 rings (SSSR count). The highest BCUT2D eigenvalue weighted by Gasteiger charge is 2.23. The number of nitrogens with zero attached hydrogens (tertiary/aromatic N) is 2. The van der Waals surface area contributed by atoms with Gasteiger partial charge in [-0.3, -0.25) is 10.1 Å². The van der Waals surface area contributed by atoms with Crippen molar-refractivity contribution < 1.29 is 13.2 Å². The zero-order valence-corrected chi connectivity index (χ0v) is 15.6. The van der Waals surface area contributed by atoms with Gasteiger partial charge in [0.2, 0.25) is 0 Å². The van der Waals surface area contributed by atoms with Gasteiger partial charge < -0.3 is 5.32 Å². The fourth-order valence-electron chi connectivity index (χ4n) is 2.20. The summed E-state index contributed by atoms with van der Waals surface area (Å²) in [5, 5.41) is 8.84. The minimum absolute atomic E-state index is 0.233. The summed E-state index contributed by atoms with van der Waals surface area (Å²) in [4.78, 5) is 21.1. The van der Waals surface area contributed by atoms with Gasteiger partial charge in [0.1, 0.15) is 5.69 Å². The lowest BCUT2D eigenvalue weighted by Crippen LogP contribution is -2.12. The first-order valence-corrected chi connectivity index (χ1v) is 11.1. The Hall–Kier alpha value is -2.04. The summed E-state index contributed by atoms with van der Waals surface area (Å²) in [6.45, 7) is 0. The molecule has 7 nitrogen and oxygen atoms in total. The average molecular weight is 395 g/mol. The molecule has 1 aliphatic carbocycles. The van der Waals surface area contributed by atoms with Gasteiger partial charge in [0.25, 0.3) is 5.91 Å². The number of sulfone groups is 1. The zero-order chi connectivity index (χ0) is 17.6. The number of hydrogen-bond donors (Lipinski definition) is 2. The van der Waals surface area contributed by atoms with Gasteiger partial charge in [0.15, 0.2) is 20.1 Å². The van der Waals surface area contributed by atoms with Gasteiger partial charge >= 0.3 is 0 Å².